The third-order valence-corrected chi connectivity index (χ3v) is 3.13. The molecular weight excluding hydrogens is 196 g/mol. The van der Waals surface area contributed by atoms with Crippen molar-refractivity contribution >= 4 is 0 Å². The Kier molecular flexibility index (Phi) is 3.75. The van der Waals surface area contributed by atoms with E-state index in [1.54, 1.807) is 0 Å². The highest BCUT2D eigenvalue weighted by atomic mass is 14.9. The third kappa shape index (κ3) is 2.52. The van der Waals surface area contributed by atoms with Gasteiger partial charge in [-0.05, 0) is 29.9 Å². The van der Waals surface area contributed by atoms with Gasteiger partial charge in [0.25, 0.3) is 0 Å². The van der Waals surface area contributed by atoms with Crippen LogP contribution in [-0.2, 0) is 0 Å². The molecule has 3 N–H and O–H groups in total. The van der Waals surface area contributed by atoms with E-state index in [-0.39, 0.29) is 6.04 Å². The zero-order chi connectivity index (χ0) is 11.4. The van der Waals surface area contributed by atoms with Crippen molar-refractivity contribution in [3.63, 3.8) is 0 Å². The average Bonchev–Trinajstić information content (AvgIpc) is 3.15. The molecule has 1 unspecified atom stereocenters. The van der Waals surface area contributed by atoms with Crippen LogP contribution in [0.25, 0.3) is 0 Å². The minimum atomic E-state index is 0.259. The van der Waals surface area contributed by atoms with Gasteiger partial charge in [0, 0.05) is 19.1 Å². The predicted octanol–water partition coefficient (Wildman–Crippen LogP) is 2.34. The van der Waals surface area contributed by atoms with Crippen molar-refractivity contribution in [2.24, 2.45) is 5.73 Å². The number of hydrogen-bond acceptors (Lipinski definition) is 2. The third-order valence-electron chi connectivity index (χ3n) is 3.13. The average molecular weight is 216 g/mol. The smallest absolute Gasteiger partial charge is 0.0449 e. The number of rotatable bonds is 6. The summed E-state index contributed by atoms with van der Waals surface area (Å²) in [5, 5.41) is 3.42. The number of nitrogens with two attached hydrogens (primary N) is 1. The van der Waals surface area contributed by atoms with E-state index in [1.807, 2.05) is 6.08 Å². The minimum absolute atomic E-state index is 0.259. The molecule has 1 atom stereocenters. The van der Waals surface area contributed by atoms with Gasteiger partial charge in [-0.1, -0.05) is 30.3 Å². The Balaban J connectivity index is 2.18. The molecule has 0 amide bonds. The van der Waals surface area contributed by atoms with Crippen molar-refractivity contribution in [2.75, 3.05) is 13.1 Å². The number of benzene rings is 1. The first-order valence-corrected chi connectivity index (χ1v) is 6.00. The Morgan fingerprint density at radius 1 is 1.44 bits per heavy atom. The van der Waals surface area contributed by atoms with Crippen LogP contribution in [0.1, 0.15) is 35.9 Å². The first-order chi connectivity index (χ1) is 7.86. The van der Waals surface area contributed by atoms with Gasteiger partial charge in [-0.3, -0.25) is 0 Å². The molecule has 1 fully saturated rings. The van der Waals surface area contributed by atoms with Crippen LogP contribution >= 0.6 is 0 Å². The molecule has 2 rings (SSSR count). The fraction of sp³-hybridized carbons (Fsp3) is 0.429. The molecule has 86 valence electrons. The molecular formula is C14H20N2. The highest BCUT2D eigenvalue weighted by molar-refractivity contribution is 5.35. The van der Waals surface area contributed by atoms with Crippen LogP contribution in [0.15, 0.2) is 36.9 Å². The summed E-state index contributed by atoms with van der Waals surface area (Å²) in [5.74, 6) is 0.774. The van der Waals surface area contributed by atoms with Crippen LogP contribution in [0.2, 0.25) is 0 Å². The van der Waals surface area contributed by atoms with E-state index in [9.17, 15) is 0 Å². The summed E-state index contributed by atoms with van der Waals surface area (Å²) < 4.78 is 0. The van der Waals surface area contributed by atoms with Gasteiger partial charge >= 0.3 is 0 Å². The molecule has 0 saturated heterocycles. The first-order valence-electron chi connectivity index (χ1n) is 6.00. The van der Waals surface area contributed by atoms with Gasteiger partial charge in [-0.2, -0.15) is 0 Å². The molecule has 0 aliphatic heterocycles. The fourth-order valence-electron chi connectivity index (χ4n) is 2.14. The highest BCUT2D eigenvalue weighted by Gasteiger charge is 2.27. The molecule has 0 bridgehead atoms. The molecule has 1 aromatic rings. The van der Waals surface area contributed by atoms with Gasteiger partial charge in [0.1, 0.15) is 0 Å². The second kappa shape index (κ2) is 5.28. The summed E-state index contributed by atoms with van der Waals surface area (Å²) in [4.78, 5) is 0. The second-order valence-corrected chi connectivity index (χ2v) is 4.39. The topological polar surface area (TPSA) is 38.0 Å². The quantitative estimate of drug-likeness (QED) is 0.716. The Labute approximate surface area is 97.5 Å². The van der Waals surface area contributed by atoms with Crippen LogP contribution in [0, 0.1) is 0 Å². The molecule has 1 saturated carbocycles. The molecule has 0 spiro atoms. The minimum Gasteiger partial charge on any atom is -0.329 e. The Morgan fingerprint density at radius 2 is 2.19 bits per heavy atom. The van der Waals surface area contributed by atoms with Crippen LogP contribution in [-0.4, -0.2) is 13.1 Å². The maximum atomic E-state index is 5.84. The summed E-state index contributed by atoms with van der Waals surface area (Å²) in [6, 6.07) is 8.92. The van der Waals surface area contributed by atoms with Gasteiger partial charge in [-0.15, -0.1) is 6.58 Å². The number of hydrogen-bond donors (Lipinski definition) is 2. The molecule has 1 aliphatic rings. The van der Waals surface area contributed by atoms with Gasteiger partial charge in [0.2, 0.25) is 0 Å². The lowest BCUT2D eigenvalue weighted by atomic mass is 9.97. The normalized spacial score (nSPS) is 17.1. The van der Waals surface area contributed by atoms with E-state index < -0.39 is 0 Å². The molecule has 1 aliphatic carbocycles. The van der Waals surface area contributed by atoms with Crippen LogP contribution in [0.4, 0.5) is 0 Å². The van der Waals surface area contributed by atoms with Crippen LogP contribution in [0.3, 0.4) is 0 Å². The van der Waals surface area contributed by atoms with Crippen molar-refractivity contribution in [3.8, 4) is 0 Å². The van der Waals surface area contributed by atoms with E-state index >= 15 is 0 Å². The largest absolute Gasteiger partial charge is 0.329 e. The lowest BCUT2D eigenvalue weighted by Crippen LogP contribution is -2.29. The molecule has 1 aromatic carbocycles. The summed E-state index contributed by atoms with van der Waals surface area (Å²) >= 11 is 0. The van der Waals surface area contributed by atoms with Crippen molar-refractivity contribution in [3.05, 3.63) is 48.0 Å². The second-order valence-electron chi connectivity index (χ2n) is 4.39. The van der Waals surface area contributed by atoms with Crippen LogP contribution < -0.4 is 11.1 Å². The summed E-state index contributed by atoms with van der Waals surface area (Å²) in [6.07, 6.45) is 4.54. The predicted molar refractivity (Wildman–Crippen MR) is 68.4 cm³/mol. The molecule has 0 radical (unpaired) electrons. The zero-order valence-corrected chi connectivity index (χ0v) is 9.65. The van der Waals surface area contributed by atoms with Crippen LogP contribution in [0.5, 0.6) is 0 Å². The van der Waals surface area contributed by atoms with Gasteiger partial charge in [0.15, 0.2) is 0 Å². The monoisotopic (exact) mass is 216 g/mol. The van der Waals surface area contributed by atoms with E-state index in [0.717, 1.165) is 12.5 Å². The Morgan fingerprint density at radius 3 is 2.81 bits per heavy atom. The van der Waals surface area contributed by atoms with E-state index in [1.165, 1.54) is 24.0 Å². The maximum absolute atomic E-state index is 5.84. The zero-order valence-electron chi connectivity index (χ0n) is 9.65. The Hall–Kier alpha value is -1.12. The summed E-state index contributed by atoms with van der Waals surface area (Å²) in [5.41, 5.74) is 8.69. The highest BCUT2D eigenvalue weighted by Crippen LogP contribution is 2.42. The van der Waals surface area contributed by atoms with E-state index in [2.05, 4.69) is 36.2 Å². The van der Waals surface area contributed by atoms with Crippen molar-refractivity contribution < 1.29 is 0 Å². The Bertz CT molecular complexity index is 356. The lowest BCUT2D eigenvalue weighted by Gasteiger charge is -2.19. The summed E-state index contributed by atoms with van der Waals surface area (Å²) in [7, 11) is 0. The SMILES string of the molecule is C=CCNC(CN)c1ccccc1C1CC1. The van der Waals surface area contributed by atoms with Crippen molar-refractivity contribution in [1.29, 1.82) is 0 Å². The van der Waals surface area contributed by atoms with E-state index in [0.29, 0.717) is 6.54 Å². The molecule has 0 aromatic heterocycles. The van der Waals surface area contributed by atoms with Gasteiger partial charge in [-0.25, -0.2) is 0 Å². The molecule has 16 heavy (non-hydrogen) atoms. The molecule has 0 heterocycles. The van der Waals surface area contributed by atoms with Gasteiger partial charge < -0.3 is 11.1 Å². The maximum Gasteiger partial charge on any atom is 0.0449 e. The number of nitrogens with one attached hydrogen (secondary N) is 1. The molecule has 2 nitrogen and oxygen atoms in total. The van der Waals surface area contributed by atoms with Gasteiger partial charge in [0.05, 0.1) is 0 Å². The van der Waals surface area contributed by atoms with E-state index in [4.69, 9.17) is 5.73 Å². The van der Waals surface area contributed by atoms with Crippen molar-refractivity contribution in [1.82, 2.24) is 5.32 Å². The molecule has 2 heteroatoms. The van der Waals surface area contributed by atoms with Crippen molar-refractivity contribution in [2.45, 2.75) is 24.8 Å². The first kappa shape index (κ1) is 11.4. The lowest BCUT2D eigenvalue weighted by molar-refractivity contribution is 0.572. The fourth-order valence-corrected chi connectivity index (χ4v) is 2.14. The summed E-state index contributed by atoms with van der Waals surface area (Å²) in [6.45, 7) is 5.17. The standard InChI is InChI=1S/C14H20N2/c1-2-9-16-14(10-15)13-6-4-3-5-12(13)11-7-8-11/h2-6,11,14,16H,1,7-10,15H2.